The van der Waals surface area contributed by atoms with Crippen molar-refractivity contribution in [1.82, 2.24) is 15.3 Å². The highest BCUT2D eigenvalue weighted by Gasteiger charge is 2.08. The van der Waals surface area contributed by atoms with E-state index in [4.69, 9.17) is 23.2 Å². The second-order valence-corrected chi connectivity index (χ2v) is 6.07. The van der Waals surface area contributed by atoms with Crippen molar-refractivity contribution in [2.24, 2.45) is 0 Å². The lowest BCUT2D eigenvalue weighted by Gasteiger charge is -2.09. The molecular formula is C18H14Cl2N4O. The number of halogens is 2. The Morgan fingerprint density at radius 2 is 1.96 bits per heavy atom. The van der Waals surface area contributed by atoms with E-state index < -0.39 is 0 Å². The zero-order valence-corrected chi connectivity index (χ0v) is 14.6. The summed E-state index contributed by atoms with van der Waals surface area (Å²) in [5.41, 5.74) is 2.68. The van der Waals surface area contributed by atoms with Gasteiger partial charge in [0.1, 0.15) is 5.69 Å². The molecule has 0 fully saturated rings. The van der Waals surface area contributed by atoms with E-state index >= 15 is 0 Å². The number of hydrogen-bond donors (Lipinski definition) is 2. The number of pyridine rings is 2. The molecule has 7 heteroatoms. The van der Waals surface area contributed by atoms with E-state index in [0.29, 0.717) is 33.7 Å². The standard InChI is InChI=1S/C18H14Cl2N4O/c19-13-3-5-16(15(20)8-13)24-14-4-6-17(22-11-14)18(25)23-10-12-2-1-7-21-9-12/h1-9,11,24H,10H2,(H,23,25). The van der Waals surface area contributed by atoms with Crippen molar-refractivity contribution in [2.75, 3.05) is 5.32 Å². The molecule has 2 aromatic heterocycles. The van der Waals surface area contributed by atoms with Crippen molar-refractivity contribution >= 4 is 40.5 Å². The number of nitrogens with one attached hydrogen (secondary N) is 2. The third kappa shape index (κ3) is 4.68. The summed E-state index contributed by atoms with van der Waals surface area (Å²) in [6.07, 6.45) is 4.96. The highest BCUT2D eigenvalue weighted by atomic mass is 35.5. The number of carbonyl (C=O) groups excluding carboxylic acids is 1. The minimum atomic E-state index is -0.250. The molecule has 126 valence electrons. The normalized spacial score (nSPS) is 10.3. The van der Waals surface area contributed by atoms with Gasteiger partial charge in [-0.25, -0.2) is 4.98 Å². The summed E-state index contributed by atoms with van der Waals surface area (Å²) in [7, 11) is 0. The number of anilines is 2. The molecular weight excluding hydrogens is 359 g/mol. The largest absolute Gasteiger partial charge is 0.353 e. The molecule has 0 unspecified atom stereocenters. The Hall–Kier alpha value is -2.63. The number of benzene rings is 1. The number of carbonyl (C=O) groups is 1. The van der Waals surface area contributed by atoms with Crippen LogP contribution in [-0.4, -0.2) is 15.9 Å². The molecule has 3 aromatic rings. The average molecular weight is 373 g/mol. The van der Waals surface area contributed by atoms with Crippen LogP contribution in [0.15, 0.2) is 61.1 Å². The van der Waals surface area contributed by atoms with E-state index in [1.54, 1.807) is 48.9 Å². The molecule has 0 radical (unpaired) electrons. The van der Waals surface area contributed by atoms with Crippen LogP contribution in [0, 0.1) is 0 Å². The SMILES string of the molecule is O=C(NCc1cccnc1)c1ccc(Nc2ccc(Cl)cc2Cl)cn1. The van der Waals surface area contributed by atoms with Gasteiger partial charge in [0.15, 0.2) is 0 Å². The number of amides is 1. The highest BCUT2D eigenvalue weighted by molar-refractivity contribution is 6.36. The Morgan fingerprint density at radius 3 is 2.64 bits per heavy atom. The number of nitrogens with zero attached hydrogens (tertiary/aromatic N) is 2. The van der Waals surface area contributed by atoms with Gasteiger partial charge in [0.2, 0.25) is 0 Å². The van der Waals surface area contributed by atoms with Gasteiger partial charge in [-0.1, -0.05) is 29.3 Å². The van der Waals surface area contributed by atoms with Crippen molar-refractivity contribution in [1.29, 1.82) is 0 Å². The van der Waals surface area contributed by atoms with Gasteiger partial charge in [0.25, 0.3) is 5.91 Å². The zero-order valence-electron chi connectivity index (χ0n) is 13.0. The molecule has 0 aliphatic rings. The lowest BCUT2D eigenvalue weighted by molar-refractivity contribution is 0.0946. The van der Waals surface area contributed by atoms with Crippen LogP contribution < -0.4 is 10.6 Å². The average Bonchev–Trinajstić information content (AvgIpc) is 2.63. The van der Waals surface area contributed by atoms with Crippen LogP contribution in [0.4, 0.5) is 11.4 Å². The fourth-order valence-electron chi connectivity index (χ4n) is 2.12. The van der Waals surface area contributed by atoms with Gasteiger partial charge in [0.05, 0.1) is 22.6 Å². The second kappa shape index (κ2) is 7.96. The van der Waals surface area contributed by atoms with E-state index in [2.05, 4.69) is 20.6 Å². The fourth-order valence-corrected chi connectivity index (χ4v) is 2.58. The van der Waals surface area contributed by atoms with Crippen LogP contribution in [0.2, 0.25) is 10.0 Å². The van der Waals surface area contributed by atoms with Crippen molar-refractivity contribution in [3.05, 3.63) is 82.4 Å². The van der Waals surface area contributed by atoms with Crippen molar-refractivity contribution < 1.29 is 4.79 Å². The summed E-state index contributed by atoms with van der Waals surface area (Å²) in [4.78, 5) is 20.3. The summed E-state index contributed by atoms with van der Waals surface area (Å²) >= 11 is 12.0. The van der Waals surface area contributed by atoms with Gasteiger partial charge in [-0.2, -0.15) is 0 Å². The summed E-state index contributed by atoms with van der Waals surface area (Å²) in [5.74, 6) is -0.250. The van der Waals surface area contributed by atoms with Gasteiger partial charge in [-0.05, 0) is 42.0 Å². The van der Waals surface area contributed by atoms with Crippen LogP contribution in [0.25, 0.3) is 0 Å². The van der Waals surface area contributed by atoms with Crippen LogP contribution in [0.3, 0.4) is 0 Å². The minimum Gasteiger partial charge on any atom is -0.353 e. The molecule has 0 saturated carbocycles. The molecule has 0 bridgehead atoms. The molecule has 0 saturated heterocycles. The van der Waals surface area contributed by atoms with Crippen LogP contribution in [-0.2, 0) is 6.54 Å². The van der Waals surface area contributed by atoms with Gasteiger partial charge in [0, 0.05) is 24.0 Å². The fraction of sp³-hybridized carbons (Fsp3) is 0.0556. The van der Waals surface area contributed by atoms with Crippen LogP contribution in [0.1, 0.15) is 16.1 Å². The highest BCUT2D eigenvalue weighted by Crippen LogP contribution is 2.27. The maximum atomic E-state index is 12.1. The lowest BCUT2D eigenvalue weighted by Crippen LogP contribution is -2.23. The van der Waals surface area contributed by atoms with E-state index in [9.17, 15) is 4.79 Å². The summed E-state index contributed by atoms with van der Waals surface area (Å²) in [5, 5.41) is 7.00. The smallest absolute Gasteiger partial charge is 0.270 e. The summed E-state index contributed by atoms with van der Waals surface area (Å²) in [6.45, 7) is 0.398. The van der Waals surface area contributed by atoms with Crippen molar-refractivity contribution in [3.8, 4) is 0 Å². The quantitative estimate of drug-likeness (QED) is 0.693. The molecule has 1 aromatic carbocycles. The second-order valence-electron chi connectivity index (χ2n) is 5.23. The van der Waals surface area contributed by atoms with E-state index in [1.165, 1.54) is 0 Å². The number of aromatic nitrogens is 2. The molecule has 25 heavy (non-hydrogen) atoms. The maximum absolute atomic E-state index is 12.1. The predicted octanol–water partition coefficient (Wildman–Crippen LogP) is 4.46. The molecule has 3 rings (SSSR count). The topological polar surface area (TPSA) is 66.9 Å². The molecule has 2 heterocycles. The first-order valence-electron chi connectivity index (χ1n) is 7.47. The summed E-state index contributed by atoms with van der Waals surface area (Å²) in [6, 6.07) is 12.3. The first-order chi connectivity index (χ1) is 12.1. The number of rotatable bonds is 5. The Balaban J connectivity index is 1.62. The van der Waals surface area contributed by atoms with E-state index in [0.717, 1.165) is 5.56 Å². The van der Waals surface area contributed by atoms with Crippen molar-refractivity contribution in [2.45, 2.75) is 6.54 Å². The maximum Gasteiger partial charge on any atom is 0.270 e. The Kier molecular flexibility index (Phi) is 5.48. The van der Waals surface area contributed by atoms with E-state index in [-0.39, 0.29) is 5.91 Å². The van der Waals surface area contributed by atoms with E-state index in [1.807, 2.05) is 12.1 Å². The zero-order chi connectivity index (χ0) is 17.6. The van der Waals surface area contributed by atoms with Gasteiger partial charge in [-0.15, -0.1) is 0 Å². The minimum absolute atomic E-state index is 0.250. The van der Waals surface area contributed by atoms with Crippen molar-refractivity contribution in [3.63, 3.8) is 0 Å². The van der Waals surface area contributed by atoms with Crippen LogP contribution >= 0.6 is 23.2 Å². The van der Waals surface area contributed by atoms with Gasteiger partial charge >= 0.3 is 0 Å². The summed E-state index contributed by atoms with van der Waals surface area (Å²) < 4.78 is 0. The third-order valence-electron chi connectivity index (χ3n) is 3.38. The Labute approximate surface area is 155 Å². The molecule has 0 aliphatic carbocycles. The first kappa shape index (κ1) is 17.2. The molecule has 2 N–H and O–H groups in total. The predicted molar refractivity (Wildman–Crippen MR) is 99.4 cm³/mol. The third-order valence-corrected chi connectivity index (χ3v) is 3.93. The Bertz CT molecular complexity index is 870. The lowest BCUT2D eigenvalue weighted by atomic mass is 10.2. The molecule has 0 atom stereocenters. The molecule has 5 nitrogen and oxygen atoms in total. The van der Waals surface area contributed by atoms with Crippen LogP contribution in [0.5, 0.6) is 0 Å². The molecule has 0 aliphatic heterocycles. The van der Waals surface area contributed by atoms with Gasteiger partial charge < -0.3 is 10.6 Å². The Morgan fingerprint density at radius 1 is 1.08 bits per heavy atom. The monoisotopic (exact) mass is 372 g/mol. The molecule has 0 spiro atoms. The van der Waals surface area contributed by atoms with Gasteiger partial charge in [-0.3, -0.25) is 9.78 Å². The molecule has 1 amide bonds. The number of hydrogen-bond acceptors (Lipinski definition) is 4. The first-order valence-corrected chi connectivity index (χ1v) is 8.22.